The molecule has 0 aromatic carbocycles. The monoisotopic (exact) mass is 1780 g/mol. The van der Waals surface area contributed by atoms with Crippen LogP contribution in [0.5, 0.6) is 0 Å². The Hall–Kier alpha value is -2.35. The van der Waals surface area contributed by atoms with E-state index in [0.29, 0.717) is 19.3 Å². The quantitative estimate of drug-likeness (QED) is 0.0154. The second kappa shape index (κ2) is 53.7. The van der Waals surface area contributed by atoms with Gasteiger partial charge in [0.15, 0.2) is 43.8 Å². The van der Waals surface area contributed by atoms with Gasteiger partial charge in [-0.3, -0.25) is 18.6 Å². The lowest BCUT2D eigenvalue weighted by Gasteiger charge is -2.49. The van der Waals surface area contributed by atoms with Crippen molar-refractivity contribution in [2.24, 2.45) is 0 Å². The first-order valence-electron chi connectivity index (χ1n) is 42.9. The summed E-state index contributed by atoms with van der Waals surface area (Å²) in [4.78, 5) is 38.4. The lowest BCUT2D eigenvalue weighted by molar-refractivity contribution is -0.365. The molecule has 43 nitrogen and oxygen atoms in total. The average Bonchev–Trinajstić information content (AvgIpc) is 0.757. The Labute approximate surface area is 702 Å². The van der Waals surface area contributed by atoms with E-state index in [9.17, 15) is 136 Å². The number of aliphatic hydroxyl groups is 23. The van der Waals surface area contributed by atoms with Crippen LogP contribution in [-0.2, 0) is 89.5 Å². The van der Waals surface area contributed by atoms with Crippen molar-refractivity contribution in [2.75, 3.05) is 52.9 Å². The molecule has 44 heteroatoms. The van der Waals surface area contributed by atoms with E-state index in [0.717, 1.165) is 70.6 Å². The van der Waals surface area contributed by atoms with Crippen LogP contribution in [-0.4, -0.2) is 414 Å². The lowest BCUT2D eigenvalue weighted by atomic mass is 9.84. The summed E-state index contributed by atoms with van der Waals surface area (Å²) in [6, 6.07) is 0. The number of ether oxygens (including phenoxy) is 14. The van der Waals surface area contributed by atoms with E-state index in [4.69, 9.17) is 75.4 Å². The highest BCUT2D eigenvalue weighted by atomic mass is 31.2. The standard InChI is InChI=1S/C77H139O43P/c1-3-5-7-9-11-13-15-17-19-21-23-25-27-29-46(80)105-33-39(111-47(81)30-28-26-24-22-20-18-16-14-12-10-8-6-4-2)34-110-121(103,104)120-71-69(118-76-67(101)55(89)49(83)41(32-79)113-76)61(95)60(94)62(96)70(71)119-77-68(102)59(93)53(87)45(117-77)38-109-75-66(100)58(92)52(86)44(116-75)37-108-74-65(99)57(91)51(85)43(115-74)36-107-73-64(98)56(90)50(84)42(114-73)35-106-72-63(97)54(88)48(82)40(31-78)112-72/h39-45,48-79,82-102H,3-38H2,1-2H3,(H,103,104)/t39-,40?,41?,42?,43?,44?,45?,48+,49-,50+,51+,52+,53+,54?,55?,56?,57?,58?,59?,60+,61?,62?,63+,64+,65+,66+,67-,68+,69-,70?,71+,72-,73-,74-,75-,76-,77+/m1/s1. The van der Waals surface area contributed by atoms with E-state index in [1.54, 1.807) is 0 Å². The summed E-state index contributed by atoms with van der Waals surface area (Å²) in [5, 5.41) is 250. The van der Waals surface area contributed by atoms with Gasteiger partial charge in [0, 0.05) is 12.8 Å². The molecule has 0 aromatic heterocycles. The molecule has 0 amide bonds. The molecule has 6 saturated heterocycles. The minimum Gasteiger partial charge on any atom is -0.462 e. The van der Waals surface area contributed by atoms with Crippen molar-refractivity contribution < 1.29 is 212 Å². The summed E-state index contributed by atoms with van der Waals surface area (Å²) in [7, 11) is -5.88. The highest BCUT2D eigenvalue weighted by molar-refractivity contribution is 7.47. The van der Waals surface area contributed by atoms with E-state index < -0.39 is 300 Å². The van der Waals surface area contributed by atoms with Crippen molar-refractivity contribution in [3.05, 3.63) is 0 Å². The molecule has 7 fully saturated rings. The number of carbonyl (C=O) groups excluding carboxylic acids is 2. The molecule has 6 heterocycles. The predicted molar refractivity (Wildman–Crippen MR) is 408 cm³/mol. The minimum absolute atomic E-state index is 0.0274. The Morgan fingerprint density at radius 2 is 0.545 bits per heavy atom. The SMILES string of the molecule is CCCCCCCCCCCCCCCC(=O)OC[C@H](COP(=O)(O)O[C@@H]1C(O[C@@H]2OC(CO[C@@H]3OC(CO[C@@H]4OC(CO[C@@H]5OC(CO[C@@H]6OC(CO)[C@H](O)C(O)[C@@H]6O)[C@H](O)C(O)[C@@H]5O)[C@H](O)C(O)[C@@H]4O)[C@H](O)C(O)[C@@H]3O)[C@H](O)C(O)[C@@H]2O)C(O)[C@@H](O)C(O)[C@H]1O[C@H]1OC(CO)[C@@H](O)C(O)[C@H]1O)OC(=O)CCCCCCCCCCCCCCC. The first-order chi connectivity index (χ1) is 57.7. The zero-order valence-electron chi connectivity index (χ0n) is 68.8. The van der Waals surface area contributed by atoms with Gasteiger partial charge in [0.2, 0.25) is 0 Å². The van der Waals surface area contributed by atoms with Crippen LogP contribution in [0, 0.1) is 0 Å². The summed E-state index contributed by atoms with van der Waals surface area (Å²) in [5.41, 5.74) is 0. The number of esters is 2. The third kappa shape index (κ3) is 31.5. The average molecular weight is 1780 g/mol. The molecule has 0 radical (unpaired) electrons. The van der Waals surface area contributed by atoms with Crippen molar-refractivity contribution in [3.63, 3.8) is 0 Å². The molecular formula is C77H139O43P. The van der Waals surface area contributed by atoms with Gasteiger partial charge >= 0.3 is 19.8 Å². The Kier molecular flexibility index (Phi) is 46.9. The van der Waals surface area contributed by atoms with Crippen LogP contribution in [0.4, 0.5) is 0 Å². The Morgan fingerprint density at radius 3 is 0.851 bits per heavy atom. The first-order valence-corrected chi connectivity index (χ1v) is 44.4. The van der Waals surface area contributed by atoms with Crippen LogP contribution in [0.15, 0.2) is 0 Å². The highest BCUT2D eigenvalue weighted by Gasteiger charge is 2.60. The molecule has 1 aliphatic carbocycles. The zero-order chi connectivity index (χ0) is 88.8. The number of phosphoric acid groups is 1. The first kappa shape index (κ1) is 106. The van der Waals surface area contributed by atoms with Crippen LogP contribution in [0.3, 0.4) is 0 Å². The van der Waals surface area contributed by atoms with Gasteiger partial charge in [-0.05, 0) is 12.8 Å². The van der Waals surface area contributed by atoms with Crippen LogP contribution in [0.25, 0.3) is 0 Å². The van der Waals surface area contributed by atoms with Crippen LogP contribution in [0.1, 0.15) is 194 Å². The number of aliphatic hydroxyl groups excluding tert-OH is 23. The van der Waals surface area contributed by atoms with Crippen LogP contribution < -0.4 is 0 Å². The molecule has 1 saturated carbocycles. The molecule has 6 aliphatic heterocycles. The maximum absolute atomic E-state index is 14.5. The summed E-state index contributed by atoms with van der Waals surface area (Å²) in [5.74, 6) is -1.49. The largest absolute Gasteiger partial charge is 0.472 e. The smallest absolute Gasteiger partial charge is 0.462 e. The van der Waals surface area contributed by atoms with Gasteiger partial charge in [-0.1, -0.05) is 168 Å². The van der Waals surface area contributed by atoms with Gasteiger partial charge in [-0.25, -0.2) is 4.57 Å². The molecule has 38 atom stereocenters. The molecule has 0 bridgehead atoms. The lowest BCUT2D eigenvalue weighted by Crippen LogP contribution is -2.69. The fraction of sp³-hybridized carbons (Fsp3) is 0.974. The maximum atomic E-state index is 14.5. The van der Waals surface area contributed by atoms with Crippen molar-refractivity contribution in [1.29, 1.82) is 0 Å². The van der Waals surface area contributed by atoms with Crippen molar-refractivity contribution in [3.8, 4) is 0 Å². The summed E-state index contributed by atoms with van der Waals surface area (Å²) < 4.78 is 104. The van der Waals surface area contributed by atoms with Gasteiger partial charge in [0.05, 0.1) is 46.2 Å². The second-order valence-corrected chi connectivity index (χ2v) is 34.0. The fourth-order valence-corrected chi connectivity index (χ4v) is 16.3. The van der Waals surface area contributed by atoms with Crippen LogP contribution in [0.2, 0.25) is 0 Å². The van der Waals surface area contributed by atoms with Crippen molar-refractivity contribution >= 4 is 19.8 Å². The number of rotatable bonds is 54. The molecule has 121 heavy (non-hydrogen) atoms. The molecule has 710 valence electrons. The second-order valence-electron chi connectivity index (χ2n) is 32.6. The van der Waals surface area contributed by atoms with Crippen LogP contribution >= 0.6 is 7.82 Å². The fourth-order valence-electron chi connectivity index (χ4n) is 15.4. The van der Waals surface area contributed by atoms with Gasteiger partial charge in [0.25, 0.3) is 0 Å². The Bertz CT molecular complexity index is 2890. The van der Waals surface area contributed by atoms with E-state index in [1.165, 1.54) is 77.0 Å². The topological polar surface area (TPSA) is 684 Å². The van der Waals surface area contributed by atoms with Crippen molar-refractivity contribution in [1.82, 2.24) is 0 Å². The van der Waals surface area contributed by atoms with Crippen molar-refractivity contribution in [2.45, 2.75) is 421 Å². The maximum Gasteiger partial charge on any atom is 0.472 e. The third-order valence-electron chi connectivity index (χ3n) is 23.0. The summed E-state index contributed by atoms with van der Waals surface area (Å²) in [6.07, 6.45) is -50.2. The van der Waals surface area contributed by atoms with E-state index in [2.05, 4.69) is 13.8 Å². The number of unbranched alkanes of at least 4 members (excludes halogenated alkanes) is 24. The minimum atomic E-state index is -5.88. The Morgan fingerprint density at radius 1 is 0.298 bits per heavy atom. The van der Waals surface area contributed by atoms with Gasteiger partial charge in [0.1, 0.15) is 190 Å². The molecule has 24 N–H and O–H groups in total. The molecule has 7 rings (SSSR count). The number of hydrogen-bond acceptors (Lipinski definition) is 42. The van der Waals surface area contributed by atoms with Gasteiger partial charge in [-0.2, -0.15) is 0 Å². The van der Waals surface area contributed by atoms with E-state index in [-0.39, 0.29) is 12.8 Å². The molecule has 7 aliphatic rings. The van der Waals surface area contributed by atoms with E-state index >= 15 is 0 Å². The summed E-state index contributed by atoms with van der Waals surface area (Å²) in [6.45, 7) is -2.91. The predicted octanol–water partition coefficient (Wildman–Crippen LogP) is -5.33. The number of phosphoric ester groups is 1. The molecule has 0 aromatic rings. The number of hydrogen-bond donors (Lipinski definition) is 24. The Balaban J connectivity index is 1.00. The normalized spacial score (nSPS) is 40.0. The number of carbonyl (C=O) groups is 2. The zero-order valence-corrected chi connectivity index (χ0v) is 69.6. The van der Waals surface area contributed by atoms with Gasteiger partial charge in [-0.15, -0.1) is 0 Å². The summed E-state index contributed by atoms with van der Waals surface area (Å²) >= 11 is 0. The molecular weight excluding hydrogens is 1640 g/mol. The molecule has 0 spiro atoms. The third-order valence-corrected chi connectivity index (χ3v) is 24.0. The molecule has 16 unspecified atom stereocenters. The van der Waals surface area contributed by atoms with E-state index in [1.807, 2.05) is 0 Å². The van der Waals surface area contributed by atoms with Gasteiger partial charge < -0.3 is 189 Å². The highest BCUT2D eigenvalue weighted by Crippen LogP contribution is 2.49.